The summed E-state index contributed by atoms with van der Waals surface area (Å²) in [6.45, 7) is 5.23. The Balaban J connectivity index is 1.93. The number of pyridine rings is 1. The van der Waals surface area contributed by atoms with Gasteiger partial charge in [0.15, 0.2) is 0 Å². The molecule has 0 bridgehead atoms. The van der Waals surface area contributed by atoms with Gasteiger partial charge in [-0.25, -0.2) is 9.78 Å². The first-order valence-electron chi connectivity index (χ1n) is 7.39. The molecule has 0 atom stereocenters. The minimum atomic E-state index is -0.940. The van der Waals surface area contributed by atoms with Crippen LogP contribution < -0.4 is 5.32 Å². The molecule has 0 unspecified atom stereocenters. The number of carboxylic acid groups (broad SMARTS) is 1. The lowest BCUT2D eigenvalue weighted by Crippen LogP contribution is -2.22. The van der Waals surface area contributed by atoms with Crippen molar-refractivity contribution in [1.29, 1.82) is 0 Å². The average Bonchev–Trinajstić information content (AvgIpc) is 3.25. The van der Waals surface area contributed by atoms with Gasteiger partial charge in [-0.15, -0.1) is 0 Å². The van der Waals surface area contributed by atoms with Crippen LogP contribution in [0.25, 0.3) is 10.9 Å². The molecule has 0 amide bonds. The Bertz CT molecular complexity index is 690. The van der Waals surface area contributed by atoms with Crippen molar-refractivity contribution in [2.45, 2.75) is 26.7 Å². The largest absolute Gasteiger partial charge is 0.478 e. The summed E-state index contributed by atoms with van der Waals surface area (Å²) in [4.78, 5) is 16.0. The molecule has 1 aromatic carbocycles. The highest BCUT2D eigenvalue weighted by Crippen LogP contribution is 2.51. The summed E-state index contributed by atoms with van der Waals surface area (Å²) in [6, 6.07) is 9.29. The molecule has 2 N–H and O–H groups in total. The van der Waals surface area contributed by atoms with E-state index in [2.05, 4.69) is 24.1 Å². The van der Waals surface area contributed by atoms with Crippen LogP contribution in [0.15, 0.2) is 30.3 Å². The number of carboxylic acids is 1. The molecule has 1 saturated carbocycles. The lowest BCUT2D eigenvalue weighted by atomic mass is 9.92. The van der Waals surface area contributed by atoms with Crippen molar-refractivity contribution in [3.63, 3.8) is 0 Å². The standard InChI is InChI=1S/C17H20N2O2/c1-11(2)17(7-8-17)10-18-15-13(16(20)21)9-12-5-3-4-6-14(12)19-15/h3-6,9,11H,7-8,10H2,1-2H3,(H,18,19)(H,20,21). The molecule has 2 aromatic rings. The monoisotopic (exact) mass is 284 g/mol. The van der Waals surface area contributed by atoms with Crippen LogP contribution in [-0.4, -0.2) is 22.6 Å². The Morgan fingerprint density at radius 3 is 2.71 bits per heavy atom. The van der Waals surface area contributed by atoms with Gasteiger partial charge < -0.3 is 10.4 Å². The van der Waals surface area contributed by atoms with Crippen molar-refractivity contribution in [3.8, 4) is 0 Å². The van der Waals surface area contributed by atoms with Gasteiger partial charge in [-0.3, -0.25) is 0 Å². The SMILES string of the molecule is CC(C)C1(CNc2nc3ccccc3cc2C(=O)O)CC1. The molecule has 1 heterocycles. The number of hydrogen-bond donors (Lipinski definition) is 2. The number of fused-ring (bicyclic) bond motifs is 1. The molecule has 0 radical (unpaired) electrons. The van der Waals surface area contributed by atoms with Crippen LogP contribution in [0.2, 0.25) is 0 Å². The van der Waals surface area contributed by atoms with Crippen LogP contribution in [0.4, 0.5) is 5.82 Å². The number of nitrogens with one attached hydrogen (secondary N) is 1. The van der Waals surface area contributed by atoms with Crippen molar-refractivity contribution in [1.82, 2.24) is 4.98 Å². The number of rotatable bonds is 5. The predicted molar refractivity (Wildman–Crippen MR) is 83.7 cm³/mol. The summed E-state index contributed by atoms with van der Waals surface area (Å²) in [7, 11) is 0. The maximum absolute atomic E-state index is 11.5. The number of hydrogen-bond acceptors (Lipinski definition) is 3. The minimum absolute atomic E-state index is 0.244. The fraction of sp³-hybridized carbons (Fsp3) is 0.412. The molecule has 1 aliphatic rings. The normalized spacial score (nSPS) is 16.1. The molecule has 0 aliphatic heterocycles. The van der Waals surface area contributed by atoms with Gasteiger partial charge >= 0.3 is 5.97 Å². The van der Waals surface area contributed by atoms with Crippen molar-refractivity contribution in [3.05, 3.63) is 35.9 Å². The second kappa shape index (κ2) is 5.02. The molecule has 3 rings (SSSR count). The summed E-state index contributed by atoms with van der Waals surface area (Å²) in [5.74, 6) is 0.136. The van der Waals surface area contributed by atoms with Gasteiger partial charge in [-0.1, -0.05) is 32.0 Å². The lowest BCUT2D eigenvalue weighted by Gasteiger charge is -2.21. The molecule has 4 nitrogen and oxygen atoms in total. The number of aromatic carboxylic acids is 1. The van der Waals surface area contributed by atoms with Crippen molar-refractivity contribution in [2.75, 3.05) is 11.9 Å². The van der Waals surface area contributed by atoms with E-state index in [9.17, 15) is 9.90 Å². The van der Waals surface area contributed by atoms with Crippen LogP contribution in [0.5, 0.6) is 0 Å². The van der Waals surface area contributed by atoms with Gasteiger partial charge in [-0.2, -0.15) is 0 Å². The summed E-state index contributed by atoms with van der Waals surface area (Å²) in [5, 5.41) is 13.5. The summed E-state index contributed by atoms with van der Waals surface area (Å²) < 4.78 is 0. The van der Waals surface area contributed by atoms with E-state index in [1.165, 1.54) is 12.8 Å². The smallest absolute Gasteiger partial charge is 0.339 e. The fourth-order valence-electron chi connectivity index (χ4n) is 2.79. The van der Waals surface area contributed by atoms with Crippen LogP contribution in [-0.2, 0) is 0 Å². The predicted octanol–water partition coefficient (Wildman–Crippen LogP) is 3.78. The fourth-order valence-corrected chi connectivity index (χ4v) is 2.79. The Hall–Kier alpha value is -2.10. The second-order valence-corrected chi connectivity index (χ2v) is 6.25. The van der Waals surface area contributed by atoms with E-state index in [-0.39, 0.29) is 5.56 Å². The third-order valence-corrected chi connectivity index (χ3v) is 4.68. The van der Waals surface area contributed by atoms with Gasteiger partial charge in [0.05, 0.1) is 5.52 Å². The van der Waals surface area contributed by atoms with E-state index in [4.69, 9.17) is 0 Å². The van der Waals surface area contributed by atoms with E-state index in [0.717, 1.165) is 17.4 Å². The molecule has 110 valence electrons. The zero-order valence-corrected chi connectivity index (χ0v) is 12.4. The van der Waals surface area contributed by atoms with Gasteiger partial charge in [0, 0.05) is 11.9 Å². The summed E-state index contributed by atoms with van der Waals surface area (Å²) in [6.07, 6.45) is 2.40. The van der Waals surface area contributed by atoms with E-state index in [0.29, 0.717) is 17.2 Å². The quantitative estimate of drug-likeness (QED) is 0.877. The summed E-state index contributed by atoms with van der Waals surface area (Å²) in [5.41, 5.74) is 1.37. The van der Waals surface area contributed by atoms with Crippen LogP contribution in [0.3, 0.4) is 0 Å². The number of anilines is 1. The van der Waals surface area contributed by atoms with E-state index in [1.54, 1.807) is 6.07 Å². The maximum Gasteiger partial charge on any atom is 0.339 e. The second-order valence-electron chi connectivity index (χ2n) is 6.25. The van der Waals surface area contributed by atoms with Crippen molar-refractivity contribution in [2.24, 2.45) is 11.3 Å². The third-order valence-electron chi connectivity index (χ3n) is 4.68. The zero-order valence-electron chi connectivity index (χ0n) is 12.4. The summed E-state index contributed by atoms with van der Waals surface area (Å²) >= 11 is 0. The van der Waals surface area contributed by atoms with Gasteiger partial charge in [-0.05, 0) is 36.3 Å². The number of benzene rings is 1. The third kappa shape index (κ3) is 2.58. The number of para-hydroxylation sites is 1. The molecular weight excluding hydrogens is 264 g/mol. The van der Waals surface area contributed by atoms with Gasteiger partial charge in [0.2, 0.25) is 0 Å². The molecule has 1 fully saturated rings. The molecule has 1 aliphatic carbocycles. The average molecular weight is 284 g/mol. The lowest BCUT2D eigenvalue weighted by molar-refractivity contribution is 0.0697. The van der Waals surface area contributed by atoms with Crippen LogP contribution >= 0.6 is 0 Å². The maximum atomic E-state index is 11.5. The van der Waals surface area contributed by atoms with E-state index < -0.39 is 5.97 Å². The Morgan fingerprint density at radius 1 is 1.38 bits per heavy atom. The molecular formula is C17H20N2O2. The molecule has 0 spiro atoms. The first-order chi connectivity index (χ1) is 10.0. The van der Waals surface area contributed by atoms with E-state index in [1.807, 2.05) is 24.3 Å². The highest BCUT2D eigenvalue weighted by Gasteiger charge is 2.45. The first-order valence-corrected chi connectivity index (χ1v) is 7.39. The first kappa shape index (κ1) is 13.9. The highest BCUT2D eigenvalue weighted by molar-refractivity contribution is 5.98. The molecule has 4 heteroatoms. The van der Waals surface area contributed by atoms with Crippen LogP contribution in [0, 0.1) is 11.3 Å². The van der Waals surface area contributed by atoms with Crippen LogP contribution in [0.1, 0.15) is 37.0 Å². The van der Waals surface area contributed by atoms with Crippen molar-refractivity contribution < 1.29 is 9.90 Å². The molecule has 1 aromatic heterocycles. The Kier molecular flexibility index (Phi) is 3.32. The number of carbonyl (C=O) groups is 1. The van der Waals surface area contributed by atoms with Gasteiger partial charge in [0.25, 0.3) is 0 Å². The molecule has 21 heavy (non-hydrogen) atoms. The van der Waals surface area contributed by atoms with E-state index >= 15 is 0 Å². The molecule has 0 saturated heterocycles. The van der Waals surface area contributed by atoms with Gasteiger partial charge in [0.1, 0.15) is 11.4 Å². The zero-order chi connectivity index (χ0) is 15.0. The van der Waals surface area contributed by atoms with Crippen molar-refractivity contribution >= 4 is 22.7 Å². The highest BCUT2D eigenvalue weighted by atomic mass is 16.4. The number of aromatic nitrogens is 1. The Morgan fingerprint density at radius 2 is 2.10 bits per heavy atom. The topological polar surface area (TPSA) is 62.2 Å². The Labute approximate surface area is 124 Å². The minimum Gasteiger partial charge on any atom is -0.478 e. The number of nitrogens with zero attached hydrogens (tertiary/aromatic N) is 1.